The maximum Gasteiger partial charge on any atom is 0.333 e. The first-order valence-corrected chi connectivity index (χ1v) is 14.1. The third-order valence-electron chi connectivity index (χ3n) is 6.69. The molecular weight excluding hydrogens is 518 g/mol. The van der Waals surface area contributed by atoms with E-state index in [4.69, 9.17) is 9.88 Å². The Kier molecular flexibility index (Phi) is 7.34. The molecule has 1 saturated carbocycles. The van der Waals surface area contributed by atoms with Gasteiger partial charge in [0.05, 0.1) is 35.5 Å². The van der Waals surface area contributed by atoms with Gasteiger partial charge in [-0.15, -0.1) is 11.3 Å². The minimum atomic E-state index is -4.09. The molecule has 11 nitrogen and oxygen atoms in total. The summed E-state index contributed by atoms with van der Waals surface area (Å²) >= 11 is 1.38. The van der Waals surface area contributed by atoms with Gasteiger partial charge in [0.25, 0.3) is 0 Å². The molecule has 4 N–H and O–H groups in total. The molecule has 0 saturated heterocycles. The van der Waals surface area contributed by atoms with Crippen LogP contribution in [0.4, 0.5) is 5.82 Å². The first-order chi connectivity index (χ1) is 17.7. The highest BCUT2D eigenvalue weighted by Crippen LogP contribution is 2.37. The zero-order chi connectivity index (χ0) is 26.2. The highest BCUT2D eigenvalue weighted by Gasteiger charge is 2.35. The Hall–Kier alpha value is -2.81. The van der Waals surface area contributed by atoms with E-state index in [2.05, 4.69) is 30.5 Å². The topological polar surface area (TPSA) is 167 Å². The SMILES string of the molecule is Cc1sc(C(=O)c2cncnc2N[C@@H]2C[C@H](COS(N)(=O)=O)[C@@H](O)C2)cc1[C@@H]1OCCc2cccnc21. The fourth-order valence-electron chi connectivity index (χ4n) is 4.89. The van der Waals surface area contributed by atoms with Crippen molar-refractivity contribution in [1.29, 1.82) is 0 Å². The Balaban J connectivity index is 1.34. The van der Waals surface area contributed by atoms with Crippen LogP contribution in [0, 0.1) is 12.8 Å². The van der Waals surface area contributed by atoms with E-state index in [1.54, 1.807) is 6.20 Å². The van der Waals surface area contributed by atoms with Crippen LogP contribution in [0.25, 0.3) is 0 Å². The van der Waals surface area contributed by atoms with Crippen molar-refractivity contribution in [2.24, 2.45) is 11.1 Å². The van der Waals surface area contributed by atoms with Crippen LogP contribution in [0.2, 0.25) is 0 Å². The molecule has 0 unspecified atom stereocenters. The standard InChI is InChI=1S/C24H27N5O6S2/c1-13-17(23-21-14(4-6-34-23)3-2-5-27-21)9-20(36-13)22(31)18-10-26-12-28-24(18)29-16-7-15(19(30)8-16)11-35-37(25,32)33/h2-3,5,9-10,12,15-16,19,23,30H,4,6-8,11H2,1H3,(H2,25,32,33)(H,26,28,29)/t15-,16-,19+,23+/m1/s1. The lowest BCUT2D eigenvalue weighted by atomic mass is 9.98. The van der Waals surface area contributed by atoms with Crippen LogP contribution < -0.4 is 10.5 Å². The summed E-state index contributed by atoms with van der Waals surface area (Å²) in [7, 11) is -4.09. The molecule has 0 aromatic carbocycles. The van der Waals surface area contributed by atoms with Gasteiger partial charge in [0.1, 0.15) is 18.2 Å². The van der Waals surface area contributed by atoms with Gasteiger partial charge < -0.3 is 15.2 Å². The number of aliphatic hydroxyl groups is 1. The van der Waals surface area contributed by atoms with Crippen LogP contribution in [0.3, 0.4) is 0 Å². The van der Waals surface area contributed by atoms with Crippen molar-refractivity contribution in [2.75, 3.05) is 18.5 Å². The number of carbonyl (C=O) groups is 1. The number of aliphatic hydroxyl groups excluding tert-OH is 1. The second-order valence-corrected chi connectivity index (χ2v) is 11.7. The number of nitrogens with two attached hydrogens (primary N) is 1. The van der Waals surface area contributed by atoms with E-state index in [0.717, 1.165) is 28.1 Å². The van der Waals surface area contributed by atoms with Crippen molar-refractivity contribution in [3.63, 3.8) is 0 Å². The largest absolute Gasteiger partial charge is 0.393 e. The highest BCUT2D eigenvalue weighted by molar-refractivity contribution is 7.84. The van der Waals surface area contributed by atoms with E-state index in [0.29, 0.717) is 35.7 Å². The Bertz CT molecular complexity index is 1410. The van der Waals surface area contributed by atoms with Gasteiger partial charge in [0, 0.05) is 34.8 Å². The molecular formula is C24H27N5O6S2. The smallest absolute Gasteiger partial charge is 0.333 e. The van der Waals surface area contributed by atoms with Gasteiger partial charge >= 0.3 is 10.3 Å². The van der Waals surface area contributed by atoms with Gasteiger partial charge in [0.2, 0.25) is 5.78 Å². The lowest BCUT2D eigenvalue weighted by Crippen LogP contribution is -2.24. The first-order valence-electron chi connectivity index (χ1n) is 11.8. The Labute approximate surface area is 218 Å². The number of carbonyl (C=O) groups excluding carboxylic acids is 1. The summed E-state index contributed by atoms with van der Waals surface area (Å²) < 4.78 is 32.9. The van der Waals surface area contributed by atoms with Gasteiger partial charge in [-0.1, -0.05) is 6.07 Å². The second-order valence-electron chi connectivity index (χ2n) is 9.20. The van der Waals surface area contributed by atoms with E-state index in [1.807, 2.05) is 19.1 Å². The summed E-state index contributed by atoms with van der Waals surface area (Å²) in [5.41, 5.74) is 3.24. The Morgan fingerprint density at radius 3 is 3.00 bits per heavy atom. The van der Waals surface area contributed by atoms with Gasteiger partial charge in [0.15, 0.2) is 0 Å². The predicted octanol–water partition coefficient (Wildman–Crippen LogP) is 1.91. The van der Waals surface area contributed by atoms with E-state index in [-0.39, 0.29) is 24.5 Å². The summed E-state index contributed by atoms with van der Waals surface area (Å²) in [5, 5.41) is 18.5. The van der Waals surface area contributed by atoms with E-state index < -0.39 is 22.3 Å². The molecule has 2 aliphatic rings. The molecule has 4 atom stereocenters. The molecule has 37 heavy (non-hydrogen) atoms. The summed E-state index contributed by atoms with van der Waals surface area (Å²) in [4.78, 5) is 27.9. The zero-order valence-corrected chi connectivity index (χ0v) is 21.7. The zero-order valence-electron chi connectivity index (χ0n) is 20.0. The second kappa shape index (κ2) is 10.5. The Morgan fingerprint density at radius 2 is 2.19 bits per heavy atom. The lowest BCUT2D eigenvalue weighted by Gasteiger charge is -2.25. The lowest BCUT2D eigenvalue weighted by molar-refractivity contribution is 0.0663. The maximum absolute atomic E-state index is 13.6. The van der Waals surface area contributed by atoms with Crippen molar-refractivity contribution in [3.05, 3.63) is 69.1 Å². The summed E-state index contributed by atoms with van der Waals surface area (Å²) in [6.45, 7) is 2.33. The molecule has 0 radical (unpaired) electrons. The monoisotopic (exact) mass is 545 g/mol. The number of ketones is 1. The number of fused-ring (bicyclic) bond motifs is 1. The normalized spacial score (nSPS) is 23.5. The molecule has 1 aliphatic heterocycles. The molecule has 3 aromatic heterocycles. The van der Waals surface area contributed by atoms with Gasteiger partial charge in [-0.05, 0) is 43.9 Å². The molecule has 0 spiro atoms. The average molecular weight is 546 g/mol. The number of thiophene rings is 1. The maximum atomic E-state index is 13.6. The van der Waals surface area contributed by atoms with Gasteiger partial charge in [-0.25, -0.2) is 15.1 Å². The number of ether oxygens (including phenoxy) is 1. The number of aryl methyl sites for hydroxylation is 1. The minimum absolute atomic E-state index is 0.216. The van der Waals surface area contributed by atoms with Gasteiger partial charge in [-0.2, -0.15) is 8.42 Å². The van der Waals surface area contributed by atoms with Crippen LogP contribution in [0.15, 0.2) is 36.9 Å². The third-order valence-corrected chi connectivity index (χ3v) is 8.22. The molecule has 4 heterocycles. The van der Waals surface area contributed by atoms with E-state index in [1.165, 1.54) is 23.9 Å². The molecule has 1 aliphatic carbocycles. The number of aromatic nitrogens is 3. The summed E-state index contributed by atoms with van der Waals surface area (Å²) in [5.74, 6) is -0.308. The van der Waals surface area contributed by atoms with Crippen LogP contribution >= 0.6 is 11.3 Å². The average Bonchev–Trinajstić information content (AvgIpc) is 3.43. The minimum Gasteiger partial charge on any atom is -0.393 e. The van der Waals surface area contributed by atoms with Crippen molar-refractivity contribution in [2.45, 2.75) is 44.4 Å². The van der Waals surface area contributed by atoms with Gasteiger partial charge in [-0.3, -0.25) is 14.0 Å². The number of hydrogen-bond donors (Lipinski definition) is 3. The summed E-state index contributed by atoms with van der Waals surface area (Å²) in [6.07, 6.45) is 5.00. The number of nitrogens with one attached hydrogen (secondary N) is 1. The predicted molar refractivity (Wildman–Crippen MR) is 135 cm³/mol. The van der Waals surface area contributed by atoms with Crippen molar-refractivity contribution >= 4 is 33.2 Å². The fraction of sp³-hybridized carbons (Fsp3) is 0.417. The molecule has 13 heteroatoms. The molecule has 1 fully saturated rings. The Morgan fingerprint density at radius 1 is 1.35 bits per heavy atom. The fourth-order valence-corrected chi connectivity index (χ4v) is 6.25. The van der Waals surface area contributed by atoms with Crippen LogP contribution in [0.1, 0.15) is 55.9 Å². The van der Waals surface area contributed by atoms with Crippen molar-refractivity contribution in [1.82, 2.24) is 15.0 Å². The van der Waals surface area contributed by atoms with E-state index >= 15 is 0 Å². The number of rotatable bonds is 8. The van der Waals surface area contributed by atoms with E-state index in [9.17, 15) is 18.3 Å². The quantitative estimate of drug-likeness (QED) is 0.356. The van der Waals surface area contributed by atoms with Crippen LogP contribution in [-0.2, 0) is 25.6 Å². The first kappa shape index (κ1) is 25.8. The molecule has 3 aromatic rings. The molecule has 5 rings (SSSR count). The number of hydrogen-bond acceptors (Lipinski definition) is 11. The molecule has 0 bridgehead atoms. The highest BCUT2D eigenvalue weighted by atomic mass is 32.2. The number of nitrogens with zero attached hydrogens (tertiary/aromatic N) is 3. The third kappa shape index (κ3) is 5.71. The summed E-state index contributed by atoms with van der Waals surface area (Å²) in [6, 6.07) is 5.58. The van der Waals surface area contributed by atoms with Crippen molar-refractivity contribution < 1.29 is 27.2 Å². The van der Waals surface area contributed by atoms with Crippen LogP contribution in [-0.4, -0.2) is 59.6 Å². The number of pyridine rings is 1. The molecule has 196 valence electrons. The molecule has 0 amide bonds. The van der Waals surface area contributed by atoms with Crippen molar-refractivity contribution in [3.8, 4) is 0 Å². The van der Waals surface area contributed by atoms with Crippen LogP contribution in [0.5, 0.6) is 0 Å². The number of anilines is 1.